The largest absolute Gasteiger partial charge is 0.481 e. The van der Waals surface area contributed by atoms with Gasteiger partial charge in [-0.3, -0.25) is 10.1 Å². The third-order valence-corrected chi connectivity index (χ3v) is 3.10. The quantitative estimate of drug-likeness (QED) is 0.914. The molecular weight excluding hydrogens is 268 g/mol. The Balaban J connectivity index is 1.93. The summed E-state index contributed by atoms with van der Waals surface area (Å²) in [6.45, 7) is 7.74. The zero-order valence-electron chi connectivity index (χ0n) is 12.7. The van der Waals surface area contributed by atoms with E-state index in [9.17, 15) is 4.79 Å². The first-order valence-corrected chi connectivity index (χ1v) is 6.96. The Hall–Kier alpha value is -2.30. The molecule has 2 rings (SSSR count). The van der Waals surface area contributed by atoms with Gasteiger partial charge in [0.25, 0.3) is 5.91 Å². The van der Waals surface area contributed by atoms with Crippen LogP contribution < -0.4 is 10.1 Å². The van der Waals surface area contributed by atoms with Gasteiger partial charge in [0, 0.05) is 6.07 Å². The monoisotopic (exact) mass is 288 g/mol. The number of amides is 1. The summed E-state index contributed by atoms with van der Waals surface area (Å²) in [5, 5.41) is 6.33. The predicted molar refractivity (Wildman–Crippen MR) is 80.5 cm³/mol. The van der Waals surface area contributed by atoms with Gasteiger partial charge in [-0.1, -0.05) is 31.1 Å². The van der Waals surface area contributed by atoms with Gasteiger partial charge in [0.1, 0.15) is 5.75 Å². The van der Waals surface area contributed by atoms with Crippen LogP contribution >= 0.6 is 0 Å². The molecule has 1 aromatic carbocycles. The van der Waals surface area contributed by atoms with Crippen LogP contribution in [0, 0.1) is 6.92 Å². The van der Waals surface area contributed by atoms with Crippen LogP contribution in [0.2, 0.25) is 0 Å². The molecule has 112 valence electrons. The van der Waals surface area contributed by atoms with Gasteiger partial charge in [0.15, 0.2) is 6.10 Å². The molecule has 0 saturated heterocycles. The van der Waals surface area contributed by atoms with Crippen LogP contribution in [-0.4, -0.2) is 17.2 Å². The number of nitrogens with one attached hydrogen (secondary N) is 1. The number of anilines is 1. The third-order valence-electron chi connectivity index (χ3n) is 3.10. The molecule has 0 saturated carbocycles. The summed E-state index contributed by atoms with van der Waals surface area (Å²) in [7, 11) is 0. The highest BCUT2D eigenvalue weighted by Gasteiger charge is 2.16. The van der Waals surface area contributed by atoms with E-state index in [1.807, 2.05) is 24.3 Å². The molecule has 0 spiro atoms. The first-order chi connectivity index (χ1) is 9.95. The number of hydrogen-bond acceptors (Lipinski definition) is 4. The summed E-state index contributed by atoms with van der Waals surface area (Å²) in [5.74, 6) is 1.17. The average molecular weight is 288 g/mol. The SMILES string of the molecule is Cc1cc(NC(=O)C(C)Oc2ccc(C(C)C)cc2)on1. The van der Waals surface area contributed by atoms with Crippen LogP contribution in [0.1, 0.15) is 37.9 Å². The fraction of sp³-hybridized carbons (Fsp3) is 0.375. The van der Waals surface area contributed by atoms with Crippen molar-refractivity contribution in [2.24, 2.45) is 0 Å². The molecule has 21 heavy (non-hydrogen) atoms. The van der Waals surface area contributed by atoms with Gasteiger partial charge in [-0.05, 0) is 37.5 Å². The molecule has 5 heteroatoms. The van der Waals surface area contributed by atoms with Crippen molar-refractivity contribution in [2.45, 2.75) is 39.7 Å². The molecule has 5 nitrogen and oxygen atoms in total. The van der Waals surface area contributed by atoms with E-state index in [1.54, 1.807) is 19.9 Å². The summed E-state index contributed by atoms with van der Waals surface area (Å²) in [6.07, 6.45) is -0.625. The Bertz CT molecular complexity index is 602. The fourth-order valence-corrected chi connectivity index (χ4v) is 1.83. The number of carbonyl (C=O) groups excluding carboxylic acids is 1. The first kappa shape index (κ1) is 15.1. The third kappa shape index (κ3) is 4.08. The molecule has 0 aliphatic rings. The van der Waals surface area contributed by atoms with Gasteiger partial charge >= 0.3 is 0 Å². The van der Waals surface area contributed by atoms with E-state index >= 15 is 0 Å². The van der Waals surface area contributed by atoms with Crippen LogP contribution in [0.15, 0.2) is 34.9 Å². The number of ether oxygens (including phenoxy) is 1. The summed E-state index contributed by atoms with van der Waals surface area (Å²) in [6, 6.07) is 9.41. The Kier molecular flexibility index (Phi) is 4.62. The number of aryl methyl sites for hydroxylation is 1. The second-order valence-electron chi connectivity index (χ2n) is 5.31. The van der Waals surface area contributed by atoms with Crippen LogP contribution in [0.4, 0.5) is 5.88 Å². The molecule has 1 unspecified atom stereocenters. The van der Waals surface area contributed by atoms with Crippen LogP contribution in [0.3, 0.4) is 0 Å². The Morgan fingerprint density at radius 1 is 1.24 bits per heavy atom. The molecule has 2 aromatic rings. The minimum absolute atomic E-state index is 0.279. The first-order valence-electron chi connectivity index (χ1n) is 6.96. The predicted octanol–water partition coefficient (Wildman–Crippen LogP) is 3.51. The maximum absolute atomic E-state index is 12.0. The van der Waals surface area contributed by atoms with Crippen molar-refractivity contribution in [2.75, 3.05) is 5.32 Å². The second kappa shape index (κ2) is 6.43. The Morgan fingerprint density at radius 2 is 1.90 bits per heavy atom. The lowest BCUT2D eigenvalue weighted by molar-refractivity contribution is -0.122. The van der Waals surface area contributed by atoms with Crippen LogP contribution in [0.5, 0.6) is 5.75 Å². The highest BCUT2D eigenvalue weighted by Crippen LogP contribution is 2.19. The van der Waals surface area contributed by atoms with Crippen molar-refractivity contribution < 1.29 is 14.1 Å². The van der Waals surface area contributed by atoms with Crippen molar-refractivity contribution in [3.8, 4) is 5.75 Å². The minimum Gasteiger partial charge on any atom is -0.481 e. The van der Waals surface area contributed by atoms with E-state index in [0.29, 0.717) is 23.2 Å². The van der Waals surface area contributed by atoms with Gasteiger partial charge in [0.05, 0.1) is 5.69 Å². The topological polar surface area (TPSA) is 64.4 Å². The maximum atomic E-state index is 12.0. The van der Waals surface area contributed by atoms with E-state index in [2.05, 4.69) is 24.3 Å². The average Bonchev–Trinajstić information content (AvgIpc) is 2.84. The molecule has 1 amide bonds. The molecule has 0 bridgehead atoms. The van der Waals surface area contributed by atoms with E-state index in [0.717, 1.165) is 0 Å². The molecular formula is C16H20N2O3. The van der Waals surface area contributed by atoms with Gasteiger partial charge < -0.3 is 9.26 Å². The number of aromatic nitrogens is 1. The molecule has 1 heterocycles. The highest BCUT2D eigenvalue weighted by molar-refractivity contribution is 5.92. The number of benzene rings is 1. The molecule has 1 N–H and O–H groups in total. The minimum atomic E-state index is -0.625. The standard InChI is InChI=1S/C16H20N2O3/c1-10(2)13-5-7-14(8-6-13)20-12(4)16(19)17-15-9-11(3)18-21-15/h5-10,12H,1-4H3,(H,17,19). The summed E-state index contributed by atoms with van der Waals surface area (Å²) in [4.78, 5) is 12.0. The Morgan fingerprint density at radius 3 is 2.43 bits per heavy atom. The summed E-state index contributed by atoms with van der Waals surface area (Å²) >= 11 is 0. The van der Waals surface area contributed by atoms with Crippen molar-refractivity contribution in [3.63, 3.8) is 0 Å². The summed E-state index contributed by atoms with van der Waals surface area (Å²) in [5.41, 5.74) is 1.94. The molecule has 1 aromatic heterocycles. The molecule has 0 aliphatic carbocycles. The van der Waals surface area contributed by atoms with Crippen LogP contribution in [-0.2, 0) is 4.79 Å². The van der Waals surface area contributed by atoms with Gasteiger partial charge in [-0.15, -0.1) is 0 Å². The van der Waals surface area contributed by atoms with E-state index in [-0.39, 0.29) is 5.91 Å². The number of carbonyl (C=O) groups is 1. The van der Waals surface area contributed by atoms with E-state index in [1.165, 1.54) is 5.56 Å². The zero-order valence-corrected chi connectivity index (χ0v) is 12.7. The maximum Gasteiger partial charge on any atom is 0.267 e. The lowest BCUT2D eigenvalue weighted by atomic mass is 10.0. The molecule has 1 atom stereocenters. The lowest BCUT2D eigenvalue weighted by Gasteiger charge is -2.14. The van der Waals surface area contributed by atoms with Crippen molar-refractivity contribution >= 4 is 11.8 Å². The van der Waals surface area contributed by atoms with Crippen molar-refractivity contribution in [1.29, 1.82) is 0 Å². The van der Waals surface area contributed by atoms with E-state index in [4.69, 9.17) is 9.26 Å². The molecule has 0 radical (unpaired) electrons. The zero-order chi connectivity index (χ0) is 15.4. The summed E-state index contributed by atoms with van der Waals surface area (Å²) < 4.78 is 10.6. The highest BCUT2D eigenvalue weighted by atomic mass is 16.5. The van der Waals surface area contributed by atoms with E-state index < -0.39 is 6.10 Å². The number of hydrogen-bond donors (Lipinski definition) is 1. The van der Waals surface area contributed by atoms with Crippen LogP contribution in [0.25, 0.3) is 0 Å². The van der Waals surface area contributed by atoms with Gasteiger partial charge in [-0.25, -0.2) is 0 Å². The van der Waals surface area contributed by atoms with Gasteiger partial charge in [-0.2, -0.15) is 0 Å². The Labute approximate surface area is 124 Å². The normalized spacial score (nSPS) is 12.2. The van der Waals surface area contributed by atoms with Crippen molar-refractivity contribution in [1.82, 2.24) is 5.16 Å². The van der Waals surface area contributed by atoms with Crippen molar-refractivity contribution in [3.05, 3.63) is 41.6 Å². The molecule has 0 aliphatic heterocycles. The second-order valence-corrected chi connectivity index (χ2v) is 5.31. The fourth-order valence-electron chi connectivity index (χ4n) is 1.83. The number of nitrogens with zero attached hydrogens (tertiary/aromatic N) is 1. The molecule has 0 fully saturated rings. The van der Waals surface area contributed by atoms with Gasteiger partial charge in [0.2, 0.25) is 5.88 Å². The lowest BCUT2D eigenvalue weighted by Crippen LogP contribution is -2.29. The smallest absolute Gasteiger partial charge is 0.267 e. The number of rotatable bonds is 5.